The molecule has 1 aromatic rings. The first-order chi connectivity index (χ1) is 6.99. The minimum Gasteiger partial charge on any atom is -0.330 e. The molecule has 4 heteroatoms. The SMILES string of the molecule is Cc1cc(Br)c(F)c(C(=O)CCN)c1C. The van der Waals surface area contributed by atoms with Gasteiger partial charge in [0.25, 0.3) is 0 Å². The van der Waals surface area contributed by atoms with Gasteiger partial charge >= 0.3 is 0 Å². The van der Waals surface area contributed by atoms with Crippen LogP contribution < -0.4 is 5.73 Å². The number of carbonyl (C=O) groups is 1. The Bertz CT molecular complexity index is 378. The molecule has 82 valence electrons. The number of halogens is 2. The van der Waals surface area contributed by atoms with Crippen LogP contribution in [0, 0.1) is 19.7 Å². The Labute approximate surface area is 96.8 Å². The van der Waals surface area contributed by atoms with Gasteiger partial charge in [-0.05, 0) is 53.5 Å². The Morgan fingerprint density at radius 1 is 1.53 bits per heavy atom. The zero-order chi connectivity index (χ0) is 11.6. The molecule has 0 bridgehead atoms. The predicted molar refractivity (Wildman–Crippen MR) is 61.6 cm³/mol. The van der Waals surface area contributed by atoms with Crippen LogP contribution in [0.2, 0.25) is 0 Å². The summed E-state index contributed by atoms with van der Waals surface area (Å²) in [6.45, 7) is 3.83. The second-order valence-corrected chi connectivity index (χ2v) is 4.31. The van der Waals surface area contributed by atoms with Crippen LogP contribution in [0.3, 0.4) is 0 Å². The van der Waals surface area contributed by atoms with Crippen molar-refractivity contribution >= 4 is 21.7 Å². The van der Waals surface area contributed by atoms with Crippen molar-refractivity contribution in [3.05, 3.63) is 33.0 Å². The van der Waals surface area contributed by atoms with Crippen LogP contribution >= 0.6 is 15.9 Å². The van der Waals surface area contributed by atoms with Gasteiger partial charge in [0.15, 0.2) is 5.78 Å². The first kappa shape index (κ1) is 12.3. The largest absolute Gasteiger partial charge is 0.330 e. The summed E-state index contributed by atoms with van der Waals surface area (Å²) in [5.74, 6) is -0.728. The van der Waals surface area contributed by atoms with Gasteiger partial charge in [0.1, 0.15) is 5.82 Å². The number of carbonyl (C=O) groups excluding carboxylic acids is 1. The third-order valence-corrected chi connectivity index (χ3v) is 2.97. The monoisotopic (exact) mass is 273 g/mol. The van der Waals surface area contributed by atoms with E-state index < -0.39 is 5.82 Å². The smallest absolute Gasteiger partial charge is 0.167 e. The van der Waals surface area contributed by atoms with Gasteiger partial charge in [-0.25, -0.2) is 4.39 Å². The summed E-state index contributed by atoms with van der Waals surface area (Å²) in [5, 5.41) is 0. The average Bonchev–Trinajstić information content (AvgIpc) is 2.16. The Balaban J connectivity index is 3.32. The van der Waals surface area contributed by atoms with Crippen LogP contribution in [0.15, 0.2) is 10.5 Å². The molecule has 0 aliphatic carbocycles. The highest BCUT2D eigenvalue weighted by molar-refractivity contribution is 9.10. The molecule has 0 aliphatic rings. The van der Waals surface area contributed by atoms with Crippen LogP contribution in [-0.4, -0.2) is 12.3 Å². The van der Waals surface area contributed by atoms with Crippen molar-refractivity contribution in [1.82, 2.24) is 0 Å². The molecule has 0 saturated carbocycles. The summed E-state index contributed by atoms with van der Waals surface area (Å²) in [7, 11) is 0. The van der Waals surface area contributed by atoms with Gasteiger partial charge < -0.3 is 5.73 Å². The molecule has 0 spiro atoms. The third-order valence-electron chi connectivity index (χ3n) is 2.39. The lowest BCUT2D eigenvalue weighted by atomic mass is 9.98. The van der Waals surface area contributed by atoms with Crippen molar-refractivity contribution in [1.29, 1.82) is 0 Å². The highest BCUT2D eigenvalue weighted by Crippen LogP contribution is 2.26. The molecule has 0 atom stereocenters. The van der Waals surface area contributed by atoms with Gasteiger partial charge in [-0.2, -0.15) is 0 Å². The zero-order valence-corrected chi connectivity index (χ0v) is 10.3. The van der Waals surface area contributed by atoms with E-state index in [1.807, 2.05) is 6.92 Å². The molecular formula is C11H13BrFNO. The van der Waals surface area contributed by atoms with Crippen molar-refractivity contribution < 1.29 is 9.18 Å². The van der Waals surface area contributed by atoms with Crippen molar-refractivity contribution in [3.8, 4) is 0 Å². The highest BCUT2D eigenvalue weighted by atomic mass is 79.9. The standard InChI is InChI=1S/C11H13BrFNO/c1-6-5-8(12)11(13)10(7(6)2)9(15)3-4-14/h5H,3-4,14H2,1-2H3. The molecule has 0 amide bonds. The summed E-state index contributed by atoms with van der Waals surface area (Å²) >= 11 is 3.09. The fraction of sp³-hybridized carbons (Fsp3) is 0.364. The lowest BCUT2D eigenvalue weighted by molar-refractivity contribution is 0.0980. The molecule has 0 aliphatic heterocycles. The van der Waals surface area contributed by atoms with Gasteiger partial charge in [0, 0.05) is 6.42 Å². The van der Waals surface area contributed by atoms with E-state index in [4.69, 9.17) is 5.73 Å². The van der Waals surface area contributed by atoms with E-state index in [1.54, 1.807) is 13.0 Å². The van der Waals surface area contributed by atoms with Gasteiger partial charge in [-0.1, -0.05) is 0 Å². The molecular weight excluding hydrogens is 261 g/mol. The molecule has 0 unspecified atom stereocenters. The van der Waals surface area contributed by atoms with E-state index in [-0.39, 0.29) is 24.3 Å². The second kappa shape index (κ2) is 4.86. The van der Waals surface area contributed by atoms with Crippen molar-refractivity contribution in [2.24, 2.45) is 5.73 Å². The molecule has 0 radical (unpaired) electrons. The normalized spacial score (nSPS) is 10.5. The molecule has 1 aromatic carbocycles. The third kappa shape index (κ3) is 2.44. The number of Topliss-reactive ketones (excluding diaryl/α,β-unsaturated/α-hetero) is 1. The second-order valence-electron chi connectivity index (χ2n) is 3.45. The summed E-state index contributed by atoms with van der Waals surface area (Å²) in [6.07, 6.45) is 0.174. The Hall–Kier alpha value is -0.740. The minimum atomic E-state index is -0.489. The first-order valence-corrected chi connectivity index (χ1v) is 5.46. The molecule has 1 rings (SSSR count). The number of hydrogen-bond donors (Lipinski definition) is 1. The summed E-state index contributed by atoms with van der Waals surface area (Å²) in [5.41, 5.74) is 7.03. The molecule has 0 aromatic heterocycles. The molecule has 0 fully saturated rings. The van der Waals surface area contributed by atoms with Gasteiger partial charge in [0.2, 0.25) is 0 Å². The quantitative estimate of drug-likeness (QED) is 0.861. The average molecular weight is 274 g/mol. The van der Waals surface area contributed by atoms with Gasteiger partial charge in [0.05, 0.1) is 10.0 Å². The van der Waals surface area contributed by atoms with Crippen LogP contribution in [0.5, 0.6) is 0 Å². The van der Waals surface area contributed by atoms with Crippen LogP contribution in [0.25, 0.3) is 0 Å². The fourth-order valence-electron chi connectivity index (χ4n) is 1.43. The number of hydrogen-bond acceptors (Lipinski definition) is 2. The Morgan fingerprint density at radius 2 is 2.13 bits per heavy atom. The van der Waals surface area contributed by atoms with E-state index >= 15 is 0 Å². The zero-order valence-electron chi connectivity index (χ0n) is 8.73. The van der Waals surface area contributed by atoms with Crippen LogP contribution in [0.4, 0.5) is 4.39 Å². The first-order valence-electron chi connectivity index (χ1n) is 4.67. The number of rotatable bonds is 3. The summed E-state index contributed by atoms with van der Waals surface area (Å²) in [4.78, 5) is 11.6. The predicted octanol–water partition coefficient (Wildman–Crippen LogP) is 2.74. The lowest BCUT2D eigenvalue weighted by Crippen LogP contribution is -2.12. The van der Waals surface area contributed by atoms with E-state index in [1.165, 1.54) is 0 Å². The van der Waals surface area contributed by atoms with Crippen molar-refractivity contribution in [3.63, 3.8) is 0 Å². The maximum Gasteiger partial charge on any atom is 0.167 e. The van der Waals surface area contributed by atoms with Gasteiger partial charge in [-0.3, -0.25) is 4.79 Å². The summed E-state index contributed by atoms with van der Waals surface area (Å²) in [6, 6.07) is 1.67. The molecule has 2 nitrogen and oxygen atoms in total. The number of benzene rings is 1. The van der Waals surface area contributed by atoms with E-state index in [2.05, 4.69) is 15.9 Å². The molecule has 15 heavy (non-hydrogen) atoms. The number of ketones is 1. The number of aryl methyl sites for hydroxylation is 1. The summed E-state index contributed by atoms with van der Waals surface area (Å²) < 4.78 is 14.0. The molecule has 0 saturated heterocycles. The Kier molecular flexibility index (Phi) is 3.99. The minimum absolute atomic E-state index is 0.160. The molecule has 2 N–H and O–H groups in total. The maximum absolute atomic E-state index is 13.7. The maximum atomic E-state index is 13.7. The van der Waals surface area contributed by atoms with E-state index in [0.717, 1.165) is 5.56 Å². The molecule has 0 heterocycles. The fourth-order valence-corrected chi connectivity index (χ4v) is 1.97. The van der Waals surface area contributed by atoms with Gasteiger partial charge in [-0.15, -0.1) is 0 Å². The highest BCUT2D eigenvalue weighted by Gasteiger charge is 2.18. The van der Waals surface area contributed by atoms with E-state index in [0.29, 0.717) is 10.0 Å². The van der Waals surface area contributed by atoms with Crippen LogP contribution in [0.1, 0.15) is 27.9 Å². The Morgan fingerprint density at radius 3 is 2.67 bits per heavy atom. The van der Waals surface area contributed by atoms with Crippen molar-refractivity contribution in [2.45, 2.75) is 20.3 Å². The number of nitrogens with two attached hydrogens (primary N) is 1. The topological polar surface area (TPSA) is 43.1 Å². The van der Waals surface area contributed by atoms with Crippen molar-refractivity contribution in [2.75, 3.05) is 6.54 Å². The van der Waals surface area contributed by atoms with E-state index in [9.17, 15) is 9.18 Å². The lowest BCUT2D eigenvalue weighted by Gasteiger charge is -2.10. The van der Waals surface area contributed by atoms with Crippen LogP contribution in [-0.2, 0) is 0 Å².